The summed E-state index contributed by atoms with van der Waals surface area (Å²) in [5.41, 5.74) is 25.9. The van der Waals surface area contributed by atoms with E-state index in [1.807, 2.05) is 0 Å². The van der Waals surface area contributed by atoms with E-state index in [-0.39, 0.29) is 143 Å². The number of ether oxygens (including phenoxy) is 10. The first-order valence-electron chi connectivity index (χ1n) is 27.0. The van der Waals surface area contributed by atoms with E-state index in [4.69, 9.17) is 108 Å². The minimum absolute atomic E-state index is 0.0596. The number of hydrogen-bond donors (Lipinski definition) is 21. The Hall–Kier alpha value is -9.61. The van der Waals surface area contributed by atoms with Crippen LogP contribution in [-0.4, -0.2) is 331 Å². The van der Waals surface area contributed by atoms with Gasteiger partial charge in [-0.2, -0.15) is 0 Å². The normalized spacial score (nSPS) is 9.72. The molecule has 2 amide bonds. The molecule has 0 atom stereocenters. The first-order valence-corrected chi connectivity index (χ1v) is 27.0. The van der Waals surface area contributed by atoms with Gasteiger partial charge in [0.2, 0.25) is 11.8 Å². The van der Waals surface area contributed by atoms with Crippen molar-refractivity contribution in [1.82, 2.24) is 10.6 Å². The third-order valence-corrected chi connectivity index (χ3v) is 7.87. The number of esters is 2. The van der Waals surface area contributed by atoms with Crippen LogP contribution in [0.4, 0.5) is 0 Å². The molecular weight excluding hydrogens is 1360 g/mol. The zero-order chi connectivity index (χ0) is 77.2. The third kappa shape index (κ3) is 124. The van der Waals surface area contributed by atoms with Crippen molar-refractivity contribution in [2.75, 3.05) is 145 Å². The average Bonchev–Trinajstić information content (AvgIpc) is 1.19. The standard InChI is InChI=1S/C13H23N3O8.C13H21NO10.C6H10O6.C5H9NO4.C5H11NO4.C3H4O4.C2H5NO3.C2H5NO2/c14-9(5-10(17)15-1-3-23-7-12(19)20)6-11(18)16-2-4-24-8-13(21)22;14-9(5-12(19)23-3-1-21-7-10(15)16)6-13(20)24-4-2-22-8-11(17)18;7-5(8)3-11-1-2-12-4-6(9)10;6-3(1-4(7)8)2-5(9)10;6-4-10-2-1-9-3-5(7)8;4-2(5)1-3(6)7;3-6-1-2(4)5;3-1-2(4)5/h9H,1-8,14H2,(H,15,17)(H,16,18)(H,19,20)(H,21,22);9H,1-8,14H2,(H,15,16)(H,17,18);1-4H2,(H,7,8)(H,9,10);3H,1-2,6H2,(H,7,8)(H,9,10);1-4,6H2,(H,7,8);1H2,(H,4,5)(H,6,7);1,3H2,(H,4,5);1,3H2,(H,4,5). The van der Waals surface area contributed by atoms with E-state index >= 15 is 0 Å². The molecule has 0 aliphatic heterocycles. The molecule has 0 bridgehead atoms. The fraction of sp³-hybridized carbons (Fsp3) is 0.653. The summed E-state index contributed by atoms with van der Waals surface area (Å²) in [5.74, 6) is -12.1. The molecule has 0 saturated heterocycles. The zero-order valence-corrected chi connectivity index (χ0v) is 52.4. The van der Waals surface area contributed by atoms with Crippen LogP contribution in [-0.2, 0) is 134 Å². The van der Waals surface area contributed by atoms with Crippen molar-refractivity contribution in [2.24, 2.45) is 34.6 Å². The Morgan fingerprint density at radius 3 is 0.724 bits per heavy atom. The summed E-state index contributed by atoms with van der Waals surface area (Å²) in [5, 5.41) is 110. The zero-order valence-electron chi connectivity index (χ0n) is 52.4. The van der Waals surface area contributed by atoms with Crippen LogP contribution < -0.4 is 45.2 Å². The van der Waals surface area contributed by atoms with Crippen molar-refractivity contribution < 1.29 is 200 Å². The fourth-order valence-corrected chi connectivity index (χ4v) is 4.42. The summed E-state index contributed by atoms with van der Waals surface area (Å²) in [6, 6.07) is -2.26. The van der Waals surface area contributed by atoms with Gasteiger partial charge in [-0.3, -0.25) is 48.0 Å². The predicted octanol–water partition coefficient (Wildman–Crippen LogP) is -9.08. The Morgan fingerprint density at radius 1 is 0.286 bits per heavy atom. The number of nitrogens with one attached hydrogen (secondary N) is 2. The Kier molecular flexibility index (Phi) is 81.4. The molecule has 27 N–H and O–H groups in total. The maximum atomic E-state index is 11.5. The van der Waals surface area contributed by atoms with Crippen LogP contribution >= 0.6 is 0 Å². The molecule has 0 heterocycles. The molecule has 0 spiro atoms. The highest BCUT2D eigenvalue weighted by Crippen LogP contribution is 2.00. The Labute approximate surface area is 554 Å². The minimum Gasteiger partial charge on any atom is -0.481 e. The lowest BCUT2D eigenvalue weighted by molar-refractivity contribution is -0.150. The van der Waals surface area contributed by atoms with Gasteiger partial charge in [0.15, 0.2) is 6.61 Å². The highest BCUT2D eigenvalue weighted by atomic mass is 16.6. The molecule has 0 rings (SSSR count). The lowest BCUT2D eigenvalue weighted by Gasteiger charge is -2.12. The van der Waals surface area contributed by atoms with Gasteiger partial charge in [0.05, 0.1) is 91.8 Å². The molecule has 98 heavy (non-hydrogen) atoms. The Balaban J connectivity index is -0.000000168. The van der Waals surface area contributed by atoms with Crippen LogP contribution in [0.2, 0.25) is 0 Å². The highest BCUT2D eigenvalue weighted by molar-refractivity contribution is 5.89. The second-order valence-corrected chi connectivity index (χ2v) is 16.9. The lowest BCUT2D eigenvalue weighted by atomic mass is 10.1. The van der Waals surface area contributed by atoms with Gasteiger partial charge >= 0.3 is 89.5 Å². The maximum absolute atomic E-state index is 11.5. The molecular formula is C49H88N8O41. The summed E-state index contributed by atoms with van der Waals surface area (Å²) in [7, 11) is 0. The van der Waals surface area contributed by atoms with Gasteiger partial charge in [-0.1, -0.05) is 0 Å². The van der Waals surface area contributed by atoms with E-state index in [2.05, 4.69) is 55.5 Å². The second-order valence-electron chi connectivity index (χ2n) is 16.9. The van der Waals surface area contributed by atoms with E-state index < -0.39 is 160 Å². The summed E-state index contributed by atoms with van der Waals surface area (Å²) in [4.78, 5) is 177. The number of carbonyl (C=O) groups excluding carboxylic acids is 4. The Morgan fingerprint density at radius 2 is 0.520 bits per heavy atom. The molecule has 0 radical (unpaired) electrons. The first-order chi connectivity index (χ1) is 45.7. The lowest BCUT2D eigenvalue weighted by Crippen LogP contribution is -2.38. The molecule has 0 aromatic carbocycles. The van der Waals surface area contributed by atoms with Gasteiger partial charge in [-0.05, 0) is 0 Å². The van der Waals surface area contributed by atoms with Gasteiger partial charge < -0.3 is 153 Å². The second kappa shape index (κ2) is 76.4. The summed E-state index contributed by atoms with van der Waals surface area (Å²) >= 11 is 0. The maximum Gasteiger partial charge on any atom is 0.331 e. The summed E-state index contributed by atoms with van der Waals surface area (Å²) in [6.07, 6.45) is -1.98. The number of amides is 2. The monoisotopic (exact) mass is 1440 g/mol. The van der Waals surface area contributed by atoms with E-state index in [1.165, 1.54) is 0 Å². The van der Waals surface area contributed by atoms with Crippen molar-refractivity contribution in [1.29, 1.82) is 0 Å². The number of rotatable bonds is 50. The number of carboxylic acids is 13. The highest BCUT2D eigenvalue weighted by Gasteiger charge is 2.17. The smallest absolute Gasteiger partial charge is 0.331 e. The van der Waals surface area contributed by atoms with Crippen molar-refractivity contribution in [3.63, 3.8) is 0 Å². The third-order valence-electron chi connectivity index (χ3n) is 7.87. The molecule has 0 aliphatic rings. The first kappa shape index (κ1) is 104. The summed E-state index contributed by atoms with van der Waals surface area (Å²) in [6.45, 7) is -2.68. The van der Waals surface area contributed by atoms with Gasteiger partial charge in [0.25, 0.3) is 0 Å². The van der Waals surface area contributed by atoms with Gasteiger partial charge in [-0.25, -0.2) is 44.3 Å². The SMILES string of the molecule is NC(CC(=O)NCCOCC(=O)O)CC(=O)NCCOCC(=O)O.NC(CC(=O)O)CC(=O)O.NC(CC(=O)OCCOCC(=O)O)CC(=O)OCCOCC(=O)O.NCC(=O)O.NCOCCOCC(=O)O.NOCC(=O)O.O=C(O)CC(=O)O.O=C(O)COCCOCC(=O)O. The largest absolute Gasteiger partial charge is 0.481 e. The summed E-state index contributed by atoms with van der Waals surface area (Å²) < 4.78 is 46.7. The molecule has 0 fully saturated rings. The van der Waals surface area contributed by atoms with Gasteiger partial charge in [0.1, 0.15) is 65.9 Å². The average molecular weight is 1450 g/mol. The molecule has 0 saturated carbocycles. The van der Waals surface area contributed by atoms with Gasteiger partial charge in [-0.15, -0.1) is 0 Å². The van der Waals surface area contributed by atoms with E-state index in [1.54, 1.807) is 0 Å². The van der Waals surface area contributed by atoms with Crippen molar-refractivity contribution >= 4 is 101 Å². The number of hydrogen-bond acceptors (Lipinski definition) is 34. The topological polar surface area (TPSA) is 835 Å². The fourth-order valence-electron chi connectivity index (χ4n) is 4.42. The van der Waals surface area contributed by atoms with Crippen LogP contribution in [0.1, 0.15) is 44.9 Å². The molecule has 49 nitrogen and oxygen atoms in total. The molecule has 0 aliphatic carbocycles. The molecule has 0 unspecified atom stereocenters. The van der Waals surface area contributed by atoms with Crippen LogP contribution in [0.3, 0.4) is 0 Å². The van der Waals surface area contributed by atoms with Crippen LogP contribution in [0.15, 0.2) is 0 Å². The van der Waals surface area contributed by atoms with Gasteiger partial charge in [0, 0.05) is 44.1 Å². The van der Waals surface area contributed by atoms with E-state index in [9.17, 15) is 81.5 Å². The van der Waals surface area contributed by atoms with E-state index in [0.29, 0.717) is 6.61 Å². The molecule has 0 aromatic heterocycles. The number of nitrogens with two attached hydrogens (primary N) is 6. The molecule has 570 valence electrons. The quantitative estimate of drug-likeness (QED) is 0.00884. The molecule has 49 heteroatoms. The van der Waals surface area contributed by atoms with E-state index in [0.717, 1.165) is 0 Å². The molecule has 0 aromatic rings. The van der Waals surface area contributed by atoms with Crippen LogP contribution in [0.5, 0.6) is 0 Å². The minimum atomic E-state index is -1.31. The Bertz CT molecular complexity index is 2080. The van der Waals surface area contributed by atoms with Crippen LogP contribution in [0, 0.1) is 0 Å². The van der Waals surface area contributed by atoms with Crippen molar-refractivity contribution in [3.8, 4) is 0 Å². The van der Waals surface area contributed by atoms with Crippen LogP contribution in [0.25, 0.3) is 0 Å². The number of aliphatic carboxylic acids is 13. The van der Waals surface area contributed by atoms with Crippen molar-refractivity contribution in [2.45, 2.75) is 63.1 Å². The number of carbonyl (C=O) groups is 17. The number of carboxylic acid groups (broad SMARTS) is 13. The predicted molar refractivity (Wildman–Crippen MR) is 313 cm³/mol. The van der Waals surface area contributed by atoms with Crippen molar-refractivity contribution in [3.05, 3.63) is 0 Å².